The first-order valence-electron chi connectivity index (χ1n) is 8.27. The number of nitrogens with zero attached hydrogens (tertiary/aromatic N) is 2. The van der Waals surface area contributed by atoms with Crippen molar-refractivity contribution in [1.82, 2.24) is 15.1 Å². The van der Waals surface area contributed by atoms with Gasteiger partial charge in [-0.1, -0.05) is 24.4 Å². The first kappa shape index (κ1) is 19.6. The number of fused-ring (bicyclic) bond motifs is 1. The van der Waals surface area contributed by atoms with Gasteiger partial charge in [-0.25, -0.2) is 4.39 Å². The first-order chi connectivity index (χ1) is 13.7. The minimum Gasteiger partial charge on any atom is -0.307 e. The zero-order valence-corrected chi connectivity index (χ0v) is 16.1. The number of benzene rings is 2. The van der Waals surface area contributed by atoms with E-state index in [9.17, 15) is 22.4 Å². The number of thioether (sulfide) groups is 1. The third kappa shape index (κ3) is 4.18. The van der Waals surface area contributed by atoms with E-state index >= 15 is 0 Å². The second kappa shape index (κ2) is 7.27. The summed E-state index contributed by atoms with van der Waals surface area (Å²) in [7, 11) is 0. The number of thiocarbonyl (C=S) groups is 1. The van der Waals surface area contributed by atoms with Gasteiger partial charge in [-0.15, -0.1) is 0 Å². The second-order valence-corrected chi connectivity index (χ2v) is 7.72. The van der Waals surface area contributed by atoms with Crippen LogP contribution in [0.1, 0.15) is 16.7 Å². The summed E-state index contributed by atoms with van der Waals surface area (Å²) in [5.41, 5.74) is 0.271. The van der Waals surface area contributed by atoms with Crippen molar-refractivity contribution in [3.63, 3.8) is 0 Å². The van der Waals surface area contributed by atoms with E-state index in [0.29, 0.717) is 26.9 Å². The Balaban J connectivity index is 1.65. The summed E-state index contributed by atoms with van der Waals surface area (Å²) in [6.07, 6.45) is -1.29. The van der Waals surface area contributed by atoms with Crippen LogP contribution < -0.4 is 5.32 Å². The Kier molecular flexibility index (Phi) is 4.91. The van der Waals surface area contributed by atoms with E-state index in [2.05, 4.69) is 10.4 Å². The van der Waals surface area contributed by atoms with Gasteiger partial charge in [-0.2, -0.15) is 18.3 Å². The van der Waals surface area contributed by atoms with Crippen LogP contribution in [0.15, 0.2) is 47.5 Å². The van der Waals surface area contributed by atoms with E-state index in [0.717, 1.165) is 29.5 Å². The maximum absolute atomic E-state index is 13.3. The molecule has 2 heterocycles. The van der Waals surface area contributed by atoms with Gasteiger partial charge in [0.05, 0.1) is 22.5 Å². The van der Waals surface area contributed by atoms with Crippen molar-refractivity contribution >= 4 is 51.2 Å². The zero-order chi connectivity index (χ0) is 20.8. The minimum atomic E-state index is -4.66. The molecule has 1 aromatic heterocycles. The lowest BCUT2D eigenvalue weighted by molar-refractivity contribution is -0.138. The van der Waals surface area contributed by atoms with E-state index in [1.807, 2.05) is 0 Å². The summed E-state index contributed by atoms with van der Waals surface area (Å²) in [6, 6.07) is 7.90. The average molecular weight is 437 g/mol. The van der Waals surface area contributed by atoms with Gasteiger partial charge in [-0.3, -0.25) is 9.48 Å². The molecule has 1 amide bonds. The van der Waals surface area contributed by atoms with Gasteiger partial charge < -0.3 is 5.32 Å². The molecule has 0 aliphatic carbocycles. The van der Waals surface area contributed by atoms with Crippen LogP contribution in [0.25, 0.3) is 17.0 Å². The van der Waals surface area contributed by atoms with Gasteiger partial charge in [0.25, 0.3) is 5.24 Å². The number of carbonyl (C=O) groups excluding carboxylic acids is 1. The van der Waals surface area contributed by atoms with Crippen molar-refractivity contribution in [2.24, 2.45) is 0 Å². The standard InChI is InChI=1S/C19H11F4N3OS2/c20-13-3-2-11(14(7-13)19(21,22)23)8-26-9-12-5-10(1-4-15(12)25-26)6-16-17(28)24-18(27)29-16/h1-7,9H,8H2,(H,24,27,28)/b16-6-. The lowest BCUT2D eigenvalue weighted by atomic mass is 10.1. The Labute approximate surface area is 171 Å². The highest BCUT2D eigenvalue weighted by Crippen LogP contribution is 2.33. The fourth-order valence-electron chi connectivity index (χ4n) is 2.96. The number of alkyl halides is 3. The third-order valence-corrected chi connectivity index (χ3v) is 5.51. The summed E-state index contributed by atoms with van der Waals surface area (Å²) in [5.74, 6) is -0.944. The van der Waals surface area contributed by atoms with Crippen LogP contribution >= 0.6 is 24.0 Å². The SMILES string of the molecule is O=C1NC(=S)/C(=C/c2ccc3nn(Cc4ccc(F)cc4C(F)(F)F)cc3c2)S1. The highest BCUT2D eigenvalue weighted by atomic mass is 32.2. The summed E-state index contributed by atoms with van der Waals surface area (Å²) in [4.78, 5) is 12.3. The number of rotatable bonds is 3. The van der Waals surface area contributed by atoms with E-state index in [1.165, 1.54) is 4.68 Å². The van der Waals surface area contributed by atoms with Crippen LogP contribution in [-0.2, 0) is 12.7 Å². The Hall–Kier alpha value is -2.72. The van der Waals surface area contributed by atoms with Crippen molar-refractivity contribution in [2.75, 3.05) is 0 Å². The monoisotopic (exact) mass is 437 g/mol. The third-order valence-electron chi connectivity index (χ3n) is 4.23. The predicted octanol–water partition coefficient (Wildman–Crippen LogP) is 5.37. The summed E-state index contributed by atoms with van der Waals surface area (Å²) < 4.78 is 54.3. The molecule has 0 saturated carbocycles. The maximum Gasteiger partial charge on any atom is 0.416 e. The fourth-order valence-corrected chi connectivity index (χ4v) is 4.00. The van der Waals surface area contributed by atoms with Crippen molar-refractivity contribution < 1.29 is 22.4 Å². The Morgan fingerprint density at radius 2 is 2.00 bits per heavy atom. The molecule has 0 spiro atoms. The molecular weight excluding hydrogens is 426 g/mol. The van der Waals surface area contributed by atoms with Gasteiger partial charge in [0.2, 0.25) is 0 Å². The Morgan fingerprint density at radius 3 is 2.69 bits per heavy atom. The number of halogens is 4. The van der Waals surface area contributed by atoms with Gasteiger partial charge in [0.15, 0.2) is 0 Å². The molecule has 1 N–H and O–H groups in total. The molecule has 4 nitrogen and oxygen atoms in total. The van der Waals surface area contributed by atoms with Crippen LogP contribution in [0.4, 0.5) is 22.4 Å². The van der Waals surface area contributed by atoms with Gasteiger partial charge in [0, 0.05) is 11.6 Å². The molecule has 0 bridgehead atoms. The van der Waals surface area contributed by atoms with Gasteiger partial charge in [0.1, 0.15) is 10.8 Å². The highest BCUT2D eigenvalue weighted by molar-refractivity contribution is 8.19. The molecule has 1 fully saturated rings. The number of hydrogen-bond acceptors (Lipinski definition) is 4. The number of amides is 1. The quantitative estimate of drug-likeness (QED) is 0.340. The largest absolute Gasteiger partial charge is 0.416 e. The molecule has 0 radical (unpaired) electrons. The molecule has 1 saturated heterocycles. The average Bonchev–Trinajstić information content (AvgIpc) is 3.17. The van der Waals surface area contributed by atoms with Crippen LogP contribution in [-0.4, -0.2) is 20.0 Å². The van der Waals surface area contributed by atoms with Crippen molar-refractivity contribution in [2.45, 2.75) is 12.7 Å². The molecule has 1 aliphatic rings. The number of carbonyl (C=O) groups is 1. The van der Waals surface area contributed by atoms with Crippen molar-refractivity contribution in [3.05, 3.63) is 70.0 Å². The summed E-state index contributed by atoms with van der Waals surface area (Å²) in [6.45, 7) is -0.154. The van der Waals surface area contributed by atoms with Crippen molar-refractivity contribution in [3.8, 4) is 0 Å². The highest BCUT2D eigenvalue weighted by Gasteiger charge is 2.33. The Bertz CT molecular complexity index is 1180. The molecule has 29 heavy (non-hydrogen) atoms. The number of hydrogen-bond donors (Lipinski definition) is 1. The van der Waals surface area contributed by atoms with Crippen LogP contribution in [0.3, 0.4) is 0 Å². The van der Waals surface area contributed by atoms with Crippen LogP contribution in [0.5, 0.6) is 0 Å². The lowest BCUT2D eigenvalue weighted by Crippen LogP contribution is -2.15. The second-order valence-electron chi connectivity index (χ2n) is 6.30. The van der Waals surface area contributed by atoms with E-state index in [1.54, 1.807) is 30.5 Å². The maximum atomic E-state index is 13.3. The zero-order valence-electron chi connectivity index (χ0n) is 14.5. The molecule has 4 rings (SSSR count). The van der Waals surface area contributed by atoms with Crippen LogP contribution in [0.2, 0.25) is 0 Å². The molecule has 2 aromatic carbocycles. The van der Waals surface area contributed by atoms with Gasteiger partial charge in [-0.05, 0) is 53.2 Å². The molecule has 10 heteroatoms. The fraction of sp³-hybridized carbons (Fsp3) is 0.105. The summed E-state index contributed by atoms with van der Waals surface area (Å²) >= 11 is 6.08. The lowest BCUT2D eigenvalue weighted by Gasteiger charge is -2.12. The molecule has 0 atom stereocenters. The number of nitrogens with one attached hydrogen (secondary N) is 1. The minimum absolute atomic E-state index is 0.0775. The van der Waals surface area contributed by atoms with Crippen LogP contribution in [0, 0.1) is 5.82 Å². The Morgan fingerprint density at radius 1 is 1.21 bits per heavy atom. The first-order valence-corrected chi connectivity index (χ1v) is 9.49. The van der Waals surface area contributed by atoms with E-state index in [-0.39, 0.29) is 17.3 Å². The molecule has 148 valence electrons. The number of aromatic nitrogens is 2. The molecular formula is C19H11F4N3OS2. The molecule has 1 aliphatic heterocycles. The molecule has 3 aromatic rings. The van der Waals surface area contributed by atoms with E-state index in [4.69, 9.17) is 12.2 Å². The summed E-state index contributed by atoms with van der Waals surface area (Å²) in [5, 5.41) is 7.29. The van der Waals surface area contributed by atoms with Crippen molar-refractivity contribution in [1.29, 1.82) is 0 Å². The molecule has 0 unspecified atom stereocenters. The normalized spacial score (nSPS) is 16.1. The smallest absolute Gasteiger partial charge is 0.307 e. The topological polar surface area (TPSA) is 46.9 Å². The predicted molar refractivity (Wildman–Crippen MR) is 107 cm³/mol. The van der Waals surface area contributed by atoms with Gasteiger partial charge >= 0.3 is 6.18 Å². The van der Waals surface area contributed by atoms with E-state index < -0.39 is 17.6 Å².